The zero-order valence-corrected chi connectivity index (χ0v) is 14.3. The van der Waals surface area contributed by atoms with Crippen molar-refractivity contribution in [3.8, 4) is 5.75 Å². The maximum absolute atomic E-state index is 12.3. The molecule has 5 nitrogen and oxygen atoms in total. The van der Waals surface area contributed by atoms with E-state index in [4.69, 9.17) is 16.3 Å². The molecule has 0 saturated heterocycles. The summed E-state index contributed by atoms with van der Waals surface area (Å²) in [7, 11) is 0. The summed E-state index contributed by atoms with van der Waals surface area (Å²) in [5.41, 5.74) is 1.88. The second kappa shape index (κ2) is 7.36. The van der Waals surface area contributed by atoms with Gasteiger partial charge in [0, 0.05) is 5.02 Å². The van der Waals surface area contributed by atoms with Crippen LogP contribution < -0.4 is 10.1 Å². The van der Waals surface area contributed by atoms with Crippen molar-refractivity contribution in [1.82, 2.24) is 0 Å². The second-order valence-electron chi connectivity index (χ2n) is 5.51. The number of rotatable bonds is 5. The zero-order chi connectivity index (χ0) is 17.9. The normalized spacial score (nSPS) is 11.7. The van der Waals surface area contributed by atoms with Gasteiger partial charge < -0.3 is 15.2 Å². The van der Waals surface area contributed by atoms with Gasteiger partial charge in [-0.15, -0.1) is 0 Å². The van der Waals surface area contributed by atoms with Crippen molar-refractivity contribution in [1.29, 1.82) is 0 Å². The van der Waals surface area contributed by atoms with E-state index in [1.165, 1.54) is 6.07 Å². The quantitative estimate of drug-likeness (QED) is 0.855. The molecular formula is C18H18ClNO4. The van der Waals surface area contributed by atoms with Crippen LogP contribution in [0.1, 0.15) is 28.4 Å². The number of amides is 1. The molecule has 126 valence electrons. The van der Waals surface area contributed by atoms with E-state index >= 15 is 0 Å². The molecule has 0 aliphatic carbocycles. The number of carbonyl (C=O) groups excluding carboxylic acids is 1. The van der Waals surface area contributed by atoms with E-state index < -0.39 is 18.0 Å². The summed E-state index contributed by atoms with van der Waals surface area (Å²) < 4.78 is 5.64. The van der Waals surface area contributed by atoms with Gasteiger partial charge in [0.1, 0.15) is 5.75 Å². The highest BCUT2D eigenvalue weighted by atomic mass is 35.5. The van der Waals surface area contributed by atoms with Gasteiger partial charge in [-0.2, -0.15) is 0 Å². The number of anilines is 1. The van der Waals surface area contributed by atoms with Crippen molar-refractivity contribution in [3.05, 3.63) is 58.1 Å². The van der Waals surface area contributed by atoms with Crippen LogP contribution in [-0.2, 0) is 4.79 Å². The van der Waals surface area contributed by atoms with Crippen molar-refractivity contribution >= 4 is 29.2 Å². The van der Waals surface area contributed by atoms with Crippen molar-refractivity contribution in [2.45, 2.75) is 26.9 Å². The first-order chi connectivity index (χ1) is 11.3. The fourth-order valence-electron chi connectivity index (χ4n) is 2.17. The predicted octanol–water partition coefficient (Wildman–Crippen LogP) is 4.06. The molecule has 1 amide bonds. The molecule has 2 N–H and O–H groups in total. The third-order valence-corrected chi connectivity index (χ3v) is 3.71. The summed E-state index contributed by atoms with van der Waals surface area (Å²) in [5.74, 6) is -0.990. The lowest BCUT2D eigenvalue weighted by Gasteiger charge is -2.17. The van der Waals surface area contributed by atoms with E-state index in [2.05, 4.69) is 5.32 Å². The molecule has 0 radical (unpaired) electrons. The molecule has 6 heteroatoms. The van der Waals surface area contributed by atoms with E-state index in [9.17, 15) is 14.7 Å². The Morgan fingerprint density at radius 3 is 2.50 bits per heavy atom. The zero-order valence-electron chi connectivity index (χ0n) is 13.6. The van der Waals surface area contributed by atoms with Gasteiger partial charge in [0.15, 0.2) is 6.10 Å². The van der Waals surface area contributed by atoms with Crippen LogP contribution in [0.25, 0.3) is 0 Å². The van der Waals surface area contributed by atoms with Crippen molar-refractivity contribution in [2.75, 3.05) is 5.32 Å². The molecule has 0 saturated carbocycles. The van der Waals surface area contributed by atoms with E-state index in [0.717, 1.165) is 11.1 Å². The fourth-order valence-corrected chi connectivity index (χ4v) is 2.39. The molecule has 2 aromatic rings. The number of carbonyl (C=O) groups is 2. The molecule has 0 spiro atoms. The number of benzene rings is 2. The molecule has 0 aliphatic rings. The number of hydrogen-bond acceptors (Lipinski definition) is 3. The molecule has 0 fully saturated rings. The topological polar surface area (TPSA) is 75.6 Å². The Kier molecular flexibility index (Phi) is 5.46. The van der Waals surface area contributed by atoms with E-state index in [0.29, 0.717) is 10.8 Å². The molecule has 2 rings (SSSR count). The second-order valence-corrected chi connectivity index (χ2v) is 5.95. The number of halogens is 1. The lowest BCUT2D eigenvalue weighted by atomic mass is 10.1. The molecule has 2 aromatic carbocycles. The SMILES string of the molecule is Cc1ccc(NC(=O)C(C)Oc2ccc(Cl)cc2C)c(C(=O)O)c1. The standard InChI is InChI=1S/C18H18ClNO4/c1-10-4-6-15(14(8-10)18(22)23)20-17(21)12(3)24-16-7-5-13(19)9-11(16)2/h4-9,12H,1-3H3,(H,20,21)(H,22,23). The van der Waals surface area contributed by atoms with Crippen LogP contribution in [0.5, 0.6) is 5.75 Å². The fraction of sp³-hybridized carbons (Fsp3) is 0.222. The predicted molar refractivity (Wildman–Crippen MR) is 93.0 cm³/mol. The van der Waals surface area contributed by atoms with Crippen LogP contribution in [0, 0.1) is 13.8 Å². The molecule has 0 aromatic heterocycles. The molecule has 1 unspecified atom stereocenters. The summed E-state index contributed by atoms with van der Waals surface area (Å²) in [6.07, 6.45) is -0.798. The van der Waals surface area contributed by atoms with Crippen LogP contribution in [0.2, 0.25) is 5.02 Å². The van der Waals surface area contributed by atoms with Gasteiger partial charge in [0.2, 0.25) is 0 Å². The highest BCUT2D eigenvalue weighted by molar-refractivity contribution is 6.30. The Morgan fingerprint density at radius 2 is 1.88 bits per heavy atom. The van der Waals surface area contributed by atoms with Crippen LogP contribution in [0.15, 0.2) is 36.4 Å². The van der Waals surface area contributed by atoms with Crippen LogP contribution in [-0.4, -0.2) is 23.1 Å². The summed E-state index contributed by atoms with van der Waals surface area (Å²) in [6.45, 7) is 5.21. The minimum atomic E-state index is -1.10. The highest BCUT2D eigenvalue weighted by Crippen LogP contribution is 2.23. The summed E-state index contributed by atoms with van der Waals surface area (Å²) >= 11 is 5.89. The Hall–Kier alpha value is -2.53. The van der Waals surface area contributed by atoms with E-state index in [1.807, 2.05) is 6.92 Å². The smallest absolute Gasteiger partial charge is 0.337 e. The van der Waals surface area contributed by atoms with Gasteiger partial charge in [-0.1, -0.05) is 23.2 Å². The van der Waals surface area contributed by atoms with Crippen molar-refractivity contribution < 1.29 is 19.4 Å². The van der Waals surface area contributed by atoms with Crippen LogP contribution in [0.4, 0.5) is 5.69 Å². The van der Waals surface area contributed by atoms with Crippen molar-refractivity contribution in [3.63, 3.8) is 0 Å². The molecule has 0 aliphatic heterocycles. The Bertz CT molecular complexity index is 789. The van der Waals surface area contributed by atoms with Crippen LogP contribution >= 0.6 is 11.6 Å². The van der Waals surface area contributed by atoms with Gasteiger partial charge >= 0.3 is 5.97 Å². The lowest BCUT2D eigenvalue weighted by molar-refractivity contribution is -0.122. The number of nitrogens with one attached hydrogen (secondary N) is 1. The lowest BCUT2D eigenvalue weighted by Crippen LogP contribution is -2.31. The molecule has 0 heterocycles. The number of ether oxygens (including phenoxy) is 1. The number of carboxylic acid groups (broad SMARTS) is 1. The van der Waals surface area contributed by atoms with Gasteiger partial charge in [-0.25, -0.2) is 4.79 Å². The van der Waals surface area contributed by atoms with Gasteiger partial charge in [-0.05, 0) is 56.7 Å². The third-order valence-electron chi connectivity index (χ3n) is 3.47. The summed E-state index contributed by atoms with van der Waals surface area (Å²) in [4.78, 5) is 23.6. The van der Waals surface area contributed by atoms with Gasteiger partial charge in [0.25, 0.3) is 5.91 Å². The van der Waals surface area contributed by atoms with Crippen molar-refractivity contribution in [2.24, 2.45) is 0 Å². The minimum Gasteiger partial charge on any atom is -0.481 e. The molecule has 0 bridgehead atoms. The monoisotopic (exact) mass is 347 g/mol. The Labute approximate surface area is 145 Å². The summed E-state index contributed by atoms with van der Waals surface area (Å²) in [6, 6.07) is 9.91. The number of carboxylic acids is 1. The average molecular weight is 348 g/mol. The molecule has 1 atom stereocenters. The largest absolute Gasteiger partial charge is 0.481 e. The van der Waals surface area contributed by atoms with E-state index in [1.54, 1.807) is 44.2 Å². The Morgan fingerprint density at radius 1 is 1.17 bits per heavy atom. The third kappa shape index (κ3) is 4.26. The minimum absolute atomic E-state index is 0.0400. The van der Waals surface area contributed by atoms with Crippen LogP contribution in [0.3, 0.4) is 0 Å². The maximum atomic E-state index is 12.3. The molecule has 24 heavy (non-hydrogen) atoms. The first-order valence-electron chi connectivity index (χ1n) is 7.35. The maximum Gasteiger partial charge on any atom is 0.337 e. The van der Waals surface area contributed by atoms with Gasteiger partial charge in [0.05, 0.1) is 11.3 Å². The number of hydrogen-bond donors (Lipinski definition) is 2. The Balaban J connectivity index is 2.13. The number of aryl methyl sites for hydroxylation is 2. The average Bonchev–Trinajstić information content (AvgIpc) is 2.51. The first-order valence-corrected chi connectivity index (χ1v) is 7.73. The van der Waals surface area contributed by atoms with Gasteiger partial charge in [-0.3, -0.25) is 4.79 Å². The molecular weight excluding hydrogens is 330 g/mol. The highest BCUT2D eigenvalue weighted by Gasteiger charge is 2.19. The number of aromatic carboxylic acids is 1. The summed E-state index contributed by atoms with van der Waals surface area (Å²) in [5, 5.41) is 12.4. The van der Waals surface area contributed by atoms with E-state index in [-0.39, 0.29) is 11.3 Å². The first kappa shape index (κ1) is 17.8.